The average Bonchev–Trinajstić information content (AvgIpc) is 2.65. The van der Waals surface area contributed by atoms with Crippen molar-refractivity contribution in [2.75, 3.05) is 6.61 Å². The van der Waals surface area contributed by atoms with Crippen LogP contribution in [0.25, 0.3) is 0 Å². The van der Waals surface area contributed by atoms with E-state index in [0.29, 0.717) is 5.75 Å². The molecule has 0 spiro atoms. The molecule has 1 unspecified atom stereocenters. The third kappa shape index (κ3) is 6.37. The summed E-state index contributed by atoms with van der Waals surface area (Å²) in [7, 11) is 0. The summed E-state index contributed by atoms with van der Waals surface area (Å²) in [5.74, 6) is -0.341. The first kappa shape index (κ1) is 21.4. The molecule has 0 saturated heterocycles. The molecule has 2 amide bonds. The number of ether oxygens (including phenoxy) is 1. The normalized spacial score (nSPS) is 11.8. The summed E-state index contributed by atoms with van der Waals surface area (Å²) in [5, 5.41) is 2.82. The Kier molecular flexibility index (Phi) is 7.55. The number of rotatable bonds is 8. The fourth-order valence-corrected chi connectivity index (χ4v) is 2.64. The van der Waals surface area contributed by atoms with Crippen molar-refractivity contribution in [3.8, 4) is 5.75 Å². The molecule has 2 aromatic carbocycles. The van der Waals surface area contributed by atoms with Gasteiger partial charge in [0.15, 0.2) is 6.61 Å². The minimum absolute atomic E-state index is 0.0402. The first-order valence-corrected chi connectivity index (χ1v) is 9.30. The lowest BCUT2D eigenvalue weighted by molar-refractivity contribution is -0.142. The first-order valence-electron chi connectivity index (χ1n) is 9.30. The molecular formula is C22H27FN2O3. The average molecular weight is 386 g/mol. The van der Waals surface area contributed by atoms with Crippen molar-refractivity contribution >= 4 is 11.8 Å². The third-order valence-corrected chi connectivity index (χ3v) is 4.25. The second kappa shape index (κ2) is 9.88. The fourth-order valence-electron chi connectivity index (χ4n) is 2.64. The number of benzene rings is 2. The molecule has 0 aromatic heterocycles. The van der Waals surface area contributed by atoms with Crippen LogP contribution in [0, 0.1) is 12.7 Å². The number of nitrogens with zero attached hydrogens (tertiary/aromatic N) is 1. The van der Waals surface area contributed by atoms with Crippen molar-refractivity contribution in [1.29, 1.82) is 0 Å². The van der Waals surface area contributed by atoms with Gasteiger partial charge in [-0.15, -0.1) is 0 Å². The smallest absolute Gasteiger partial charge is 0.261 e. The van der Waals surface area contributed by atoms with Crippen molar-refractivity contribution in [2.45, 2.75) is 46.3 Å². The van der Waals surface area contributed by atoms with Crippen molar-refractivity contribution in [3.05, 3.63) is 65.5 Å². The van der Waals surface area contributed by atoms with E-state index in [-0.39, 0.29) is 36.8 Å². The van der Waals surface area contributed by atoms with Gasteiger partial charge in [0.25, 0.3) is 5.91 Å². The lowest BCUT2D eigenvalue weighted by Crippen LogP contribution is -2.50. The number of hydrogen-bond acceptors (Lipinski definition) is 3. The predicted octanol–water partition coefficient (Wildman–Crippen LogP) is 3.45. The maximum Gasteiger partial charge on any atom is 0.261 e. The molecule has 1 atom stereocenters. The quantitative estimate of drug-likeness (QED) is 0.756. The highest BCUT2D eigenvalue weighted by atomic mass is 19.1. The van der Waals surface area contributed by atoms with Gasteiger partial charge in [0.05, 0.1) is 0 Å². The Balaban J connectivity index is 2.12. The Bertz CT molecular complexity index is 788. The first-order chi connectivity index (χ1) is 13.3. The Hall–Kier alpha value is -2.89. The molecule has 0 radical (unpaired) electrons. The van der Waals surface area contributed by atoms with Crippen molar-refractivity contribution in [3.63, 3.8) is 0 Å². The minimum Gasteiger partial charge on any atom is -0.484 e. The Labute approximate surface area is 165 Å². The molecule has 0 aliphatic rings. The lowest BCUT2D eigenvalue weighted by atomic mass is 10.1. The van der Waals surface area contributed by atoms with E-state index >= 15 is 0 Å². The molecule has 150 valence electrons. The molecular weight excluding hydrogens is 359 g/mol. The number of nitrogens with one attached hydrogen (secondary N) is 1. The number of aryl methyl sites for hydroxylation is 1. The Morgan fingerprint density at radius 1 is 1.04 bits per heavy atom. The number of halogens is 1. The number of carbonyl (C=O) groups excluding carboxylic acids is 2. The van der Waals surface area contributed by atoms with Gasteiger partial charge in [0, 0.05) is 12.6 Å². The lowest BCUT2D eigenvalue weighted by Gasteiger charge is -2.29. The zero-order valence-corrected chi connectivity index (χ0v) is 16.7. The summed E-state index contributed by atoms with van der Waals surface area (Å²) in [4.78, 5) is 26.7. The van der Waals surface area contributed by atoms with E-state index in [1.807, 2.05) is 32.9 Å². The van der Waals surface area contributed by atoms with E-state index in [0.717, 1.165) is 11.1 Å². The largest absolute Gasteiger partial charge is 0.484 e. The summed E-state index contributed by atoms with van der Waals surface area (Å²) in [6.45, 7) is 7.35. The van der Waals surface area contributed by atoms with Crippen LogP contribution >= 0.6 is 0 Å². The summed E-state index contributed by atoms with van der Waals surface area (Å²) in [5.41, 5.74) is 1.82. The number of amides is 2. The maximum absolute atomic E-state index is 13.2. The van der Waals surface area contributed by atoms with E-state index in [2.05, 4.69) is 5.32 Å². The predicted molar refractivity (Wildman–Crippen MR) is 106 cm³/mol. The zero-order valence-electron chi connectivity index (χ0n) is 16.7. The molecule has 5 nitrogen and oxygen atoms in total. The van der Waals surface area contributed by atoms with Crippen molar-refractivity contribution in [2.24, 2.45) is 0 Å². The molecule has 28 heavy (non-hydrogen) atoms. The van der Waals surface area contributed by atoms with E-state index in [1.165, 1.54) is 17.0 Å². The minimum atomic E-state index is -0.693. The van der Waals surface area contributed by atoms with Crippen LogP contribution in [0.5, 0.6) is 5.75 Å². The van der Waals surface area contributed by atoms with E-state index < -0.39 is 6.04 Å². The molecule has 2 rings (SSSR count). The van der Waals surface area contributed by atoms with Gasteiger partial charge in [-0.3, -0.25) is 9.59 Å². The van der Waals surface area contributed by atoms with Crippen LogP contribution < -0.4 is 10.1 Å². The second-order valence-corrected chi connectivity index (χ2v) is 7.09. The number of carbonyl (C=O) groups is 2. The van der Waals surface area contributed by atoms with E-state index in [9.17, 15) is 14.0 Å². The van der Waals surface area contributed by atoms with Gasteiger partial charge in [-0.2, -0.15) is 0 Å². The summed E-state index contributed by atoms with van der Waals surface area (Å²) in [6, 6.07) is 12.5. The van der Waals surface area contributed by atoms with Crippen LogP contribution in [-0.4, -0.2) is 35.4 Å². The van der Waals surface area contributed by atoms with Gasteiger partial charge >= 0.3 is 0 Å². The topological polar surface area (TPSA) is 58.6 Å². The standard InChI is InChI=1S/C22H27FN2O3/c1-15(2)24-22(27)17(4)25(13-18-7-9-19(23)10-8-18)21(26)14-28-20-11-5-16(3)6-12-20/h5-12,15,17H,13-14H2,1-4H3,(H,24,27). The third-order valence-electron chi connectivity index (χ3n) is 4.25. The molecule has 0 aliphatic heterocycles. The van der Waals surface area contributed by atoms with Crippen molar-refractivity contribution in [1.82, 2.24) is 10.2 Å². The van der Waals surface area contributed by atoms with Crippen LogP contribution in [-0.2, 0) is 16.1 Å². The fraction of sp³-hybridized carbons (Fsp3) is 0.364. The van der Waals surface area contributed by atoms with Crippen LogP contribution in [0.15, 0.2) is 48.5 Å². The molecule has 2 aromatic rings. The summed E-state index contributed by atoms with van der Waals surface area (Å²) in [6.07, 6.45) is 0. The Morgan fingerprint density at radius 2 is 1.64 bits per heavy atom. The Morgan fingerprint density at radius 3 is 2.21 bits per heavy atom. The highest BCUT2D eigenvalue weighted by molar-refractivity contribution is 5.88. The summed E-state index contributed by atoms with van der Waals surface area (Å²) >= 11 is 0. The molecule has 0 saturated carbocycles. The van der Waals surface area contributed by atoms with Gasteiger partial charge in [0.2, 0.25) is 5.91 Å². The van der Waals surface area contributed by atoms with Crippen LogP contribution in [0.2, 0.25) is 0 Å². The highest BCUT2D eigenvalue weighted by Gasteiger charge is 2.26. The molecule has 1 N–H and O–H groups in total. The molecule has 0 fully saturated rings. The van der Waals surface area contributed by atoms with Crippen LogP contribution in [0.3, 0.4) is 0 Å². The van der Waals surface area contributed by atoms with Crippen LogP contribution in [0.1, 0.15) is 31.9 Å². The molecule has 6 heteroatoms. The zero-order chi connectivity index (χ0) is 20.7. The second-order valence-electron chi connectivity index (χ2n) is 7.09. The van der Waals surface area contributed by atoms with Crippen molar-refractivity contribution < 1.29 is 18.7 Å². The van der Waals surface area contributed by atoms with E-state index in [1.54, 1.807) is 31.2 Å². The SMILES string of the molecule is Cc1ccc(OCC(=O)N(Cc2ccc(F)cc2)C(C)C(=O)NC(C)C)cc1. The van der Waals surface area contributed by atoms with Gasteiger partial charge < -0.3 is 15.0 Å². The summed E-state index contributed by atoms with van der Waals surface area (Å²) < 4.78 is 18.8. The molecule has 0 bridgehead atoms. The van der Waals surface area contributed by atoms with Gasteiger partial charge in [-0.1, -0.05) is 29.8 Å². The molecule has 0 heterocycles. The van der Waals surface area contributed by atoms with Gasteiger partial charge in [0.1, 0.15) is 17.6 Å². The highest BCUT2D eigenvalue weighted by Crippen LogP contribution is 2.14. The van der Waals surface area contributed by atoms with E-state index in [4.69, 9.17) is 4.74 Å². The monoisotopic (exact) mass is 386 g/mol. The van der Waals surface area contributed by atoms with Gasteiger partial charge in [-0.25, -0.2) is 4.39 Å². The van der Waals surface area contributed by atoms with Crippen LogP contribution in [0.4, 0.5) is 4.39 Å². The molecule has 0 aliphatic carbocycles. The maximum atomic E-state index is 13.2. The number of hydrogen-bond donors (Lipinski definition) is 1. The van der Waals surface area contributed by atoms with Gasteiger partial charge in [-0.05, 0) is 57.5 Å².